The number of thiazole rings is 1. The Bertz CT molecular complexity index is 871. The third-order valence-corrected chi connectivity index (χ3v) is 5.45. The monoisotopic (exact) mass is 374 g/mol. The van der Waals surface area contributed by atoms with Crippen LogP contribution in [0.4, 0.5) is 0 Å². The zero-order chi connectivity index (χ0) is 17.8. The number of benzene rings is 1. The molecule has 130 valence electrons. The fourth-order valence-corrected chi connectivity index (χ4v) is 4.27. The van der Waals surface area contributed by atoms with Crippen LogP contribution in [0.1, 0.15) is 11.8 Å². The summed E-state index contributed by atoms with van der Waals surface area (Å²) in [6.45, 7) is 2.46. The first-order valence-electron chi connectivity index (χ1n) is 7.67. The fourth-order valence-electron chi connectivity index (χ4n) is 2.41. The van der Waals surface area contributed by atoms with Gasteiger partial charge in [-0.25, -0.2) is 4.98 Å². The number of ether oxygens (including phenoxy) is 2. The zero-order valence-corrected chi connectivity index (χ0v) is 15.4. The summed E-state index contributed by atoms with van der Waals surface area (Å²) in [5.41, 5.74) is 1.56. The molecular weight excluding hydrogens is 358 g/mol. The van der Waals surface area contributed by atoms with Gasteiger partial charge in [-0.05, 0) is 36.6 Å². The first-order chi connectivity index (χ1) is 12.1. The second-order valence-corrected chi connectivity index (χ2v) is 7.15. The van der Waals surface area contributed by atoms with E-state index in [0.717, 1.165) is 15.4 Å². The Hall–Kier alpha value is -2.38. The van der Waals surface area contributed by atoms with E-state index in [0.29, 0.717) is 28.7 Å². The van der Waals surface area contributed by atoms with Crippen molar-refractivity contribution in [3.8, 4) is 32.6 Å². The highest BCUT2D eigenvalue weighted by atomic mass is 32.1. The van der Waals surface area contributed by atoms with E-state index < -0.39 is 5.97 Å². The minimum atomic E-state index is -1.11. The van der Waals surface area contributed by atoms with E-state index >= 15 is 0 Å². The molecule has 0 amide bonds. The molecule has 0 aliphatic heterocycles. The molecular formula is C18H16NO4S2-. The molecule has 0 aliphatic carbocycles. The summed E-state index contributed by atoms with van der Waals surface area (Å²) in [5.74, 6) is 0.171. The van der Waals surface area contributed by atoms with Crippen LogP contribution in [0.2, 0.25) is 0 Å². The summed E-state index contributed by atoms with van der Waals surface area (Å²) in [6.07, 6.45) is -0.154. The van der Waals surface area contributed by atoms with Gasteiger partial charge in [-0.15, -0.1) is 22.7 Å². The van der Waals surface area contributed by atoms with Crippen LogP contribution >= 0.6 is 22.7 Å². The van der Waals surface area contributed by atoms with Crippen LogP contribution in [0.25, 0.3) is 21.1 Å². The standard InChI is InChI=1S/C18H17NO4S2/c1-3-23-12-7-6-11(9-13(12)22-2)18-19-17(14-5-4-8-24-14)15(25-18)10-16(20)21/h4-9H,3,10H2,1-2H3,(H,20,21)/p-1. The summed E-state index contributed by atoms with van der Waals surface area (Å²) in [6, 6.07) is 9.43. The summed E-state index contributed by atoms with van der Waals surface area (Å²) in [4.78, 5) is 17.4. The number of aliphatic carboxylic acids is 1. The van der Waals surface area contributed by atoms with Crippen LogP contribution in [0.5, 0.6) is 11.5 Å². The molecule has 3 rings (SSSR count). The lowest BCUT2D eigenvalue weighted by atomic mass is 10.2. The van der Waals surface area contributed by atoms with Gasteiger partial charge in [0.15, 0.2) is 11.5 Å². The number of nitrogens with zero attached hydrogens (tertiary/aromatic N) is 1. The van der Waals surface area contributed by atoms with Crippen molar-refractivity contribution < 1.29 is 19.4 Å². The number of aromatic nitrogens is 1. The second kappa shape index (κ2) is 7.67. The SMILES string of the molecule is CCOc1ccc(-c2nc(-c3cccs3)c(CC(=O)[O-])s2)cc1OC. The van der Waals surface area contributed by atoms with Gasteiger partial charge in [0.1, 0.15) is 5.01 Å². The van der Waals surface area contributed by atoms with Gasteiger partial charge < -0.3 is 19.4 Å². The number of rotatable bonds is 7. The number of carbonyl (C=O) groups excluding carboxylic acids is 1. The molecule has 0 saturated carbocycles. The van der Waals surface area contributed by atoms with Crippen molar-refractivity contribution in [1.29, 1.82) is 0 Å². The van der Waals surface area contributed by atoms with E-state index in [1.165, 1.54) is 22.7 Å². The summed E-state index contributed by atoms with van der Waals surface area (Å²) >= 11 is 2.88. The van der Waals surface area contributed by atoms with Crippen molar-refractivity contribution in [2.75, 3.05) is 13.7 Å². The van der Waals surface area contributed by atoms with E-state index in [1.807, 2.05) is 42.6 Å². The van der Waals surface area contributed by atoms with E-state index in [2.05, 4.69) is 4.98 Å². The molecule has 0 aliphatic rings. The quantitative estimate of drug-likeness (QED) is 0.635. The molecule has 0 spiro atoms. The van der Waals surface area contributed by atoms with Crippen molar-refractivity contribution in [3.05, 3.63) is 40.6 Å². The van der Waals surface area contributed by atoms with Gasteiger partial charge in [0.25, 0.3) is 0 Å². The number of carboxylic acid groups (broad SMARTS) is 1. The lowest BCUT2D eigenvalue weighted by molar-refractivity contribution is -0.304. The highest BCUT2D eigenvalue weighted by Gasteiger charge is 2.16. The van der Waals surface area contributed by atoms with Crippen molar-refractivity contribution in [3.63, 3.8) is 0 Å². The lowest BCUT2D eigenvalue weighted by Crippen LogP contribution is -2.24. The Morgan fingerprint density at radius 2 is 2.12 bits per heavy atom. The number of carboxylic acids is 1. The van der Waals surface area contributed by atoms with Crippen LogP contribution < -0.4 is 14.6 Å². The lowest BCUT2D eigenvalue weighted by Gasteiger charge is -2.09. The highest BCUT2D eigenvalue weighted by molar-refractivity contribution is 7.17. The van der Waals surface area contributed by atoms with Gasteiger partial charge in [0, 0.05) is 22.8 Å². The molecule has 0 saturated heterocycles. The molecule has 0 N–H and O–H groups in total. The van der Waals surface area contributed by atoms with Crippen molar-refractivity contribution >= 4 is 28.6 Å². The molecule has 0 atom stereocenters. The number of hydrogen-bond donors (Lipinski definition) is 0. The average Bonchev–Trinajstić information content (AvgIpc) is 3.24. The smallest absolute Gasteiger partial charge is 0.161 e. The van der Waals surface area contributed by atoms with Crippen LogP contribution in [0, 0.1) is 0 Å². The summed E-state index contributed by atoms with van der Waals surface area (Å²) < 4.78 is 10.9. The molecule has 0 unspecified atom stereocenters. The molecule has 7 heteroatoms. The number of methoxy groups -OCH3 is 1. The molecule has 25 heavy (non-hydrogen) atoms. The fraction of sp³-hybridized carbons (Fsp3) is 0.222. The summed E-state index contributed by atoms with van der Waals surface area (Å²) in [5, 5.41) is 13.8. The first kappa shape index (κ1) is 17.4. The largest absolute Gasteiger partial charge is 0.550 e. The Morgan fingerprint density at radius 3 is 2.76 bits per heavy atom. The van der Waals surface area contributed by atoms with Gasteiger partial charge in [-0.2, -0.15) is 0 Å². The third-order valence-electron chi connectivity index (χ3n) is 3.47. The third kappa shape index (κ3) is 3.83. The Morgan fingerprint density at radius 1 is 1.28 bits per heavy atom. The van der Waals surface area contributed by atoms with Crippen LogP contribution in [-0.4, -0.2) is 24.7 Å². The molecule has 1 aromatic carbocycles. The Labute approximate surface area is 153 Å². The van der Waals surface area contributed by atoms with Gasteiger partial charge in [0.05, 0.1) is 24.3 Å². The van der Waals surface area contributed by atoms with Gasteiger partial charge in [-0.1, -0.05) is 6.07 Å². The van der Waals surface area contributed by atoms with Gasteiger partial charge in [-0.3, -0.25) is 0 Å². The van der Waals surface area contributed by atoms with Gasteiger partial charge in [0.2, 0.25) is 0 Å². The molecule has 3 aromatic rings. The Kier molecular flexibility index (Phi) is 5.35. The van der Waals surface area contributed by atoms with Crippen LogP contribution in [0.15, 0.2) is 35.7 Å². The number of thiophene rings is 1. The maximum Gasteiger partial charge on any atom is 0.161 e. The van der Waals surface area contributed by atoms with Gasteiger partial charge >= 0.3 is 0 Å². The zero-order valence-electron chi connectivity index (χ0n) is 13.8. The summed E-state index contributed by atoms with van der Waals surface area (Å²) in [7, 11) is 1.59. The normalized spacial score (nSPS) is 10.6. The predicted octanol–water partition coefficient (Wildman–Crippen LogP) is 3.24. The minimum absolute atomic E-state index is 0.154. The molecule has 5 nitrogen and oxygen atoms in total. The van der Waals surface area contributed by atoms with E-state index in [9.17, 15) is 9.90 Å². The molecule has 0 radical (unpaired) electrons. The van der Waals surface area contributed by atoms with Crippen molar-refractivity contribution in [2.24, 2.45) is 0 Å². The molecule has 2 heterocycles. The number of hydrogen-bond acceptors (Lipinski definition) is 7. The van der Waals surface area contributed by atoms with Crippen LogP contribution in [-0.2, 0) is 11.2 Å². The maximum absolute atomic E-state index is 11.1. The average molecular weight is 374 g/mol. The predicted molar refractivity (Wildman–Crippen MR) is 97.3 cm³/mol. The van der Waals surface area contributed by atoms with E-state index in [4.69, 9.17) is 9.47 Å². The minimum Gasteiger partial charge on any atom is -0.550 e. The van der Waals surface area contributed by atoms with E-state index in [1.54, 1.807) is 7.11 Å². The number of carbonyl (C=O) groups is 1. The van der Waals surface area contributed by atoms with Crippen molar-refractivity contribution in [1.82, 2.24) is 4.98 Å². The first-order valence-corrected chi connectivity index (χ1v) is 9.36. The molecule has 0 fully saturated rings. The highest BCUT2D eigenvalue weighted by Crippen LogP contribution is 2.39. The van der Waals surface area contributed by atoms with E-state index in [-0.39, 0.29) is 6.42 Å². The molecule has 0 bridgehead atoms. The maximum atomic E-state index is 11.1. The Balaban J connectivity index is 2.04. The topological polar surface area (TPSA) is 71.5 Å². The molecule has 2 aromatic heterocycles. The van der Waals surface area contributed by atoms with Crippen LogP contribution in [0.3, 0.4) is 0 Å². The van der Waals surface area contributed by atoms with Crippen molar-refractivity contribution in [2.45, 2.75) is 13.3 Å². The second-order valence-electron chi connectivity index (χ2n) is 5.12.